The minimum absolute atomic E-state index is 0.495. The van der Waals surface area contributed by atoms with E-state index in [0.717, 1.165) is 13.0 Å². The maximum atomic E-state index is 5.74. The third kappa shape index (κ3) is 3.62. The van der Waals surface area contributed by atoms with Gasteiger partial charge in [0.1, 0.15) is 0 Å². The number of hydrogen-bond acceptors (Lipinski definition) is 3. The number of thioether (sulfide) groups is 1. The van der Waals surface area contributed by atoms with Gasteiger partial charge < -0.3 is 10.1 Å². The Bertz CT molecular complexity index is 228. The molecule has 1 heterocycles. The molecule has 1 saturated heterocycles. The van der Waals surface area contributed by atoms with Gasteiger partial charge in [0.2, 0.25) is 0 Å². The zero-order valence-electron chi connectivity index (χ0n) is 11.3. The predicted octanol–water partition coefficient (Wildman–Crippen LogP) is 3.21. The third-order valence-electron chi connectivity index (χ3n) is 4.48. The van der Waals surface area contributed by atoms with Crippen LogP contribution in [0, 0.1) is 0 Å². The Labute approximate surface area is 110 Å². The van der Waals surface area contributed by atoms with Gasteiger partial charge in [0, 0.05) is 23.9 Å². The molecule has 1 saturated carbocycles. The summed E-state index contributed by atoms with van der Waals surface area (Å²) in [4.78, 5) is 0. The lowest BCUT2D eigenvalue weighted by Crippen LogP contribution is -2.44. The van der Waals surface area contributed by atoms with E-state index in [1.54, 1.807) is 0 Å². The molecule has 2 rings (SSSR count). The molecule has 3 heteroatoms. The summed E-state index contributed by atoms with van der Waals surface area (Å²) in [5.41, 5.74) is 0. The normalized spacial score (nSPS) is 32.8. The number of hydrogen-bond donors (Lipinski definition) is 1. The second-order valence-corrected chi connectivity index (χ2v) is 6.87. The van der Waals surface area contributed by atoms with Crippen LogP contribution >= 0.6 is 11.8 Å². The molecule has 0 aromatic rings. The molecule has 0 spiro atoms. The van der Waals surface area contributed by atoms with Crippen molar-refractivity contribution in [3.8, 4) is 0 Å². The summed E-state index contributed by atoms with van der Waals surface area (Å²) in [6.45, 7) is 4.38. The van der Waals surface area contributed by atoms with Crippen LogP contribution in [-0.2, 0) is 4.74 Å². The van der Waals surface area contributed by atoms with Crippen molar-refractivity contribution in [1.82, 2.24) is 5.32 Å². The van der Waals surface area contributed by atoms with Gasteiger partial charge in [-0.2, -0.15) is 11.8 Å². The molecular weight excluding hydrogens is 230 g/mol. The first-order valence-electron chi connectivity index (χ1n) is 7.18. The molecule has 0 amide bonds. The van der Waals surface area contributed by atoms with Crippen LogP contribution in [0.5, 0.6) is 0 Å². The number of rotatable bonds is 5. The van der Waals surface area contributed by atoms with Crippen molar-refractivity contribution in [2.24, 2.45) is 0 Å². The molecule has 2 unspecified atom stereocenters. The third-order valence-corrected chi connectivity index (χ3v) is 5.90. The molecule has 100 valence electrons. The Hall–Kier alpha value is 0.270. The highest BCUT2D eigenvalue weighted by molar-refractivity contribution is 8.00. The molecule has 2 fully saturated rings. The van der Waals surface area contributed by atoms with E-state index < -0.39 is 0 Å². The van der Waals surface area contributed by atoms with Crippen molar-refractivity contribution in [2.45, 2.75) is 68.8 Å². The average Bonchev–Trinajstić information content (AvgIpc) is 2.86. The minimum atomic E-state index is 0.495. The van der Waals surface area contributed by atoms with E-state index in [4.69, 9.17) is 4.74 Å². The van der Waals surface area contributed by atoms with Gasteiger partial charge in [-0.05, 0) is 38.4 Å². The van der Waals surface area contributed by atoms with Crippen LogP contribution in [0.15, 0.2) is 0 Å². The van der Waals surface area contributed by atoms with E-state index in [-0.39, 0.29) is 0 Å². The highest BCUT2D eigenvalue weighted by Crippen LogP contribution is 2.39. The minimum Gasteiger partial charge on any atom is -0.378 e. The van der Waals surface area contributed by atoms with Gasteiger partial charge in [-0.15, -0.1) is 0 Å². The van der Waals surface area contributed by atoms with Crippen LogP contribution in [0.25, 0.3) is 0 Å². The van der Waals surface area contributed by atoms with Gasteiger partial charge in [-0.1, -0.05) is 19.8 Å². The van der Waals surface area contributed by atoms with Gasteiger partial charge >= 0.3 is 0 Å². The van der Waals surface area contributed by atoms with Crippen molar-refractivity contribution >= 4 is 11.8 Å². The van der Waals surface area contributed by atoms with Gasteiger partial charge in [0.05, 0.1) is 6.10 Å². The Balaban J connectivity index is 1.76. The molecule has 1 N–H and O–H groups in total. The Morgan fingerprint density at radius 2 is 2.12 bits per heavy atom. The standard InChI is InChI=1S/C14H27NOS/c1-3-13-10-12(6-9-16-13)15-11-14(17-2)7-4-5-8-14/h12-13,15H,3-11H2,1-2H3. The largest absolute Gasteiger partial charge is 0.378 e. The van der Waals surface area contributed by atoms with Crippen molar-refractivity contribution in [1.29, 1.82) is 0 Å². The highest BCUT2D eigenvalue weighted by Gasteiger charge is 2.33. The molecule has 1 aliphatic carbocycles. The van der Waals surface area contributed by atoms with Crippen LogP contribution < -0.4 is 5.32 Å². The summed E-state index contributed by atoms with van der Waals surface area (Å²) < 4.78 is 6.28. The molecule has 1 aliphatic heterocycles. The lowest BCUT2D eigenvalue weighted by Gasteiger charge is -2.34. The van der Waals surface area contributed by atoms with E-state index in [2.05, 4.69) is 30.3 Å². The summed E-state index contributed by atoms with van der Waals surface area (Å²) in [5.74, 6) is 0. The van der Waals surface area contributed by atoms with Crippen LogP contribution in [0.4, 0.5) is 0 Å². The first kappa shape index (κ1) is 13.7. The summed E-state index contributed by atoms with van der Waals surface area (Å²) >= 11 is 2.08. The fourth-order valence-electron chi connectivity index (χ4n) is 3.15. The SMILES string of the molecule is CCC1CC(NCC2(SC)CCCC2)CCO1. The van der Waals surface area contributed by atoms with E-state index in [1.165, 1.54) is 45.1 Å². The molecule has 0 bridgehead atoms. The lowest BCUT2D eigenvalue weighted by molar-refractivity contribution is -0.000323. The lowest BCUT2D eigenvalue weighted by atomic mass is 10.00. The van der Waals surface area contributed by atoms with Crippen LogP contribution in [-0.4, -0.2) is 36.3 Å². The zero-order valence-corrected chi connectivity index (χ0v) is 12.2. The second-order valence-electron chi connectivity index (χ2n) is 5.60. The van der Waals surface area contributed by atoms with Crippen LogP contribution in [0.2, 0.25) is 0 Å². The van der Waals surface area contributed by atoms with Crippen LogP contribution in [0.3, 0.4) is 0 Å². The zero-order chi connectivity index (χ0) is 12.1. The quantitative estimate of drug-likeness (QED) is 0.817. The molecule has 2 nitrogen and oxygen atoms in total. The first-order valence-corrected chi connectivity index (χ1v) is 8.40. The molecule has 2 atom stereocenters. The predicted molar refractivity (Wildman–Crippen MR) is 75.8 cm³/mol. The molecule has 0 radical (unpaired) electrons. The average molecular weight is 257 g/mol. The fourth-order valence-corrected chi connectivity index (χ4v) is 4.08. The smallest absolute Gasteiger partial charge is 0.0587 e. The van der Waals surface area contributed by atoms with E-state index in [0.29, 0.717) is 16.9 Å². The maximum Gasteiger partial charge on any atom is 0.0587 e. The van der Waals surface area contributed by atoms with Gasteiger partial charge in [0.15, 0.2) is 0 Å². The molecular formula is C14H27NOS. The molecule has 17 heavy (non-hydrogen) atoms. The number of ether oxygens (including phenoxy) is 1. The molecule has 0 aromatic carbocycles. The molecule has 0 aromatic heterocycles. The van der Waals surface area contributed by atoms with E-state index in [1.807, 2.05) is 0 Å². The van der Waals surface area contributed by atoms with Crippen molar-refractivity contribution in [3.05, 3.63) is 0 Å². The highest BCUT2D eigenvalue weighted by atomic mass is 32.2. The molecule has 2 aliphatic rings. The van der Waals surface area contributed by atoms with Crippen molar-refractivity contribution in [3.63, 3.8) is 0 Å². The van der Waals surface area contributed by atoms with E-state index in [9.17, 15) is 0 Å². The Morgan fingerprint density at radius 3 is 2.76 bits per heavy atom. The van der Waals surface area contributed by atoms with Crippen LogP contribution in [0.1, 0.15) is 51.9 Å². The summed E-state index contributed by atoms with van der Waals surface area (Å²) in [5, 5.41) is 3.82. The number of nitrogens with one attached hydrogen (secondary N) is 1. The Morgan fingerprint density at radius 1 is 1.35 bits per heavy atom. The Kier molecular flexibility index (Phi) is 5.19. The monoisotopic (exact) mass is 257 g/mol. The van der Waals surface area contributed by atoms with E-state index >= 15 is 0 Å². The first-order chi connectivity index (χ1) is 8.28. The topological polar surface area (TPSA) is 21.3 Å². The summed E-state index contributed by atoms with van der Waals surface area (Å²) in [6.07, 6.45) is 12.0. The second kappa shape index (κ2) is 6.44. The fraction of sp³-hybridized carbons (Fsp3) is 1.00. The van der Waals surface area contributed by atoms with Gasteiger partial charge in [-0.25, -0.2) is 0 Å². The van der Waals surface area contributed by atoms with Gasteiger partial charge in [0.25, 0.3) is 0 Å². The summed E-state index contributed by atoms with van der Waals surface area (Å²) in [6, 6.07) is 0.693. The maximum absolute atomic E-state index is 5.74. The van der Waals surface area contributed by atoms with Crippen molar-refractivity contribution < 1.29 is 4.74 Å². The van der Waals surface area contributed by atoms with Crippen molar-refractivity contribution in [2.75, 3.05) is 19.4 Å². The van der Waals surface area contributed by atoms with Gasteiger partial charge in [-0.3, -0.25) is 0 Å². The summed E-state index contributed by atoms with van der Waals surface area (Å²) in [7, 11) is 0.